The zero-order valence-electron chi connectivity index (χ0n) is 10.3. The van der Waals surface area contributed by atoms with E-state index in [1.165, 1.54) is 18.7 Å². The number of rotatable bonds is 6. The second kappa shape index (κ2) is 8.58. The predicted octanol–water partition coefficient (Wildman–Crippen LogP) is 2.58. The van der Waals surface area contributed by atoms with Crippen molar-refractivity contribution < 1.29 is 14.3 Å². The minimum atomic E-state index is -0.424. The van der Waals surface area contributed by atoms with Gasteiger partial charge in [0, 0.05) is 19.2 Å². The first-order chi connectivity index (χ1) is 8.68. The molecular formula is C13H17NO3S. The molecule has 0 bridgehead atoms. The topological polar surface area (TPSA) is 55.4 Å². The van der Waals surface area contributed by atoms with Crippen LogP contribution in [0.5, 0.6) is 0 Å². The van der Waals surface area contributed by atoms with E-state index in [-0.39, 0.29) is 11.7 Å². The normalized spacial score (nSPS) is 9.83. The van der Waals surface area contributed by atoms with Crippen molar-refractivity contribution in [3.05, 3.63) is 35.9 Å². The number of nitrogens with one attached hydrogen (secondary N) is 1. The van der Waals surface area contributed by atoms with Gasteiger partial charge < -0.3 is 10.1 Å². The van der Waals surface area contributed by atoms with Crippen molar-refractivity contribution >= 4 is 23.0 Å². The van der Waals surface area contributed by atoms with Crippen LogP contribution in [0.4, 0.5) is 4.79 Å². The molecule has 0 unspecified atom stereocenters. The number of amides is 1. The fourth-order valence-electron chi connectivity index (χ4n) is 1.25. The predicted molar refractivity (Wildman–Crippen MR) is 72.4 cm³/mol. The van der Waals surface area contributed by atoms with E-state index >= 15 is 0 Å². The highest BCUT2D eigenvalue weighted by Crippen LogP contribution is 2.02. The molecule has 0 aromatic heterocycles. The number of hydrogen-bond acceptors (Lipinski definition) is 4. The molecule has 4 nitrogen and oxygen atoms in total. The van der Waals surface area contributed by atoms with Gasteiger partial charge in [0.25, 0.3) is 0 Å². The Morgan fingerprint density at radius 3 is 2.67 bits per heavy atom. The van der Waals surface area contributed by atoms with Gasteiger partial charge in [-0.2, -0.15) is 0 Å². The standard InChI is InChI=1S/C13H17NO3S/c1-11(15)18-9-5-8-14-13(16)17-10-12-6-3-2-4-7-12/h2-4,6-7H,5,8-10H2,1H3,(H,14,16). The third kappa shape index (κ3) is 6.96. The van der Waals surface area contributed by atoms with Gasteiger partial charge >= 0.3 is 6.09 Å². The van der Waals surface area contributed by atoms with Gasteiger partial charge in [0.15, 0.2) is 5.12 Å². The Morgan fingerprint density at radius 2 is 2.00 bits per heavy atom. The minimum Gasteiger partial charge on any atom is -0.445 e. The Balaban J connectivity index is 2.06. The van der Waals surface area contributed by atoms with Crippen LogP contribution < -0.4 is 5.32 Å². The van der Waals surface area contributed by atoms with Crippen LogP contribution in [-0.2, 0) is 16.1 Å². The maximum Gasteiger partial charge on any atom is 0.407 e. The molecule has 0 aliphatic heterocycles. The summed E-state index contributed by atoms with van der Waals surface area (Å²) >= 11 is 1.26. The maximum absolute atomic E-state index is 11.3. The van der Waals surface area contributed by atoms with E-state index in [0.29, 0.717) is 12.3 Å². The Bertz CT molecular complexity index is 381. The van der Waals surface area contributed by atoms with Gasteiger partial charge in [-0.05, 0) is 12.0 Å². The molecule has 1 aromatic rings. The molecule has 1 amide bonds. The number of hydrogen-bond donors (Lipinski definition) is 1. The number of benzene rings is 1. The third-order valence-electron chi connectivity index (χ3n) is 2.11. The molecule has 0 saturated carbocycles. The first kappa shape index (κ1) is 14.6. The van der Waals surface area contributed by atoms with Crippen LogP contribution in [0.1, 0.15) is 18.9 Å². The van der Waals surface area contributed by atoms with Crippen LogP contribution in [0.3, 0.4) is 0 Å². The quantitative estimate of drug-likeness (QED) is 0.805. The second-order valence-electron chi connectivity index (χ2n) is 3.68. The highest BCUT2D eigenvalue weighted by atomic mass is 32.2. The van der Waals surface area contributed by atoms with E-state index < -0.39 is 6.09 Å². The van der Waals surface area contributed by atoms with E-state index in [4.69, 9.17) is 4.74 Å². The molecule has 1 N–H and O–H groups in total. The van der Waals surface area contributed by atoms with Crippen molar-refractivity contribution in [1.82, 2.24) is 5.32 Å². The molecule has 0 saturated heterocycles. The summed E-state index contributed by atoms with van der Waals surface area (Å²) in [6, 6.07) is 9.51. The molecule has 5 heteroatoms. The van der Waals surface area contributed by atoms with Crippen LogP contribution in [0, 0.1) is 0 Å². The molecule has 0 atom stereocenters. The number of thioether (sulfide) groups is 1. The van der Waals surface area contributed by atoms with Crippen LogP contribution in [0.25, 0.3) is 0 Å². The summed E-state index contributed by atoms with van der Waals surface area (Å²) in [6.07, 6.45) is 0.330. The SMILES string of the molecule is CC(=O)SCCCNC(=O)OCc1ccccc1. The van der Waals surface area contributed by atoms with E-state index in [9.17, 15) is 9.59 Å². The second-order valence-corrected chi connectivity index (χ2v) is 4.95. The average Bonchev–Trinajstić information content (AvgIpc) is 2.37. The molecule has 1 rings (SSSR count). The Hall–Kier alpha value is -1.49. The van der Waals surface area contributed by atoms with E-state index in [1.807, 2.05) is 30.3 Å². The van der Waals surface area contributed by atoms with Crippen molar-refractivity contribution in [2.75, 3.05) is 12.3 Å². The minimum absolute atomic E-state index is 0.0988. The molecular weight excluding hydrogens is 250 g/mol. The first-order valence-corrected chi connectivity index (χ1v) is 6.75. The average molecular weight is 267 g/mol. The zero-order chi connectivity index (χ0) is 13.2. The maximum atomic E-state index is 11.3. The van der Waals surface area contributed by atoms with Crippen LogP contribution in [0.2, 0.25) is 0 Å². The van der Waals surface area contributed by atoms with Crippen molar-refractivity contribution in [3.8, 4) is 0 Å². The van der Waals surface area contributed by atoms with Crippen molar-refractivity contribution in [2.45, 2.75) is 20.0 Å². The number of ether oxygens (including phenoxy) is 1. The first-order valence-electron chi connectivity index (χ1n) is 5.76. The summed E-state index contributed by atoms with van der Waals surface area (Å²) in [6.45, 7) is 2.33. The lowest BCUT2D eigenvalue weighted by atomic mass is 10.2. The Labute approximate surface area is 111 Å². The summed E-state index contributed by atoms with van der Waals surface area (Å²) in [7, 11) is 0. The molecule has 0 aliphatic rings. The fourth-order valence-corrected chi connectivity index (χ4v) is 1.83. The Morgan fingerprint density at radius 1 is 1.28 bits per heavy atom. The molecule has 0 fully saturated rings. The van der Waals surface area contributed by atoms with Crippen LogP contribution in [0.15, 0.2) is 30.3 Å². The van der Waals surface area contributed by atoms with Gasteiger partial charge in [-0.3, -0.25) is 4.79 Å². The number of alkyl carbamates (subject to hydrolysis) is 1. The summed E-state index contributed by atoms with van der Waals surface area (Å²) in [5, 5.41) is 2.74. The van der Waals surface area contributed by atoms with E-state index in [2.05, 4.69) is 5.32 Å². The highest BCUT2D eigenvalue weighted by molar-refractivity contribution is 8.13. The van der Waals surface area contributed by atoms with Crippen LogP contribution in [-0.4, -0.2) is 23.5 Å². The summed E-state index contributed by atoms with van der Waals surface area (Å²) in [4.78, 5) is 22.0. The molecule has 98 valence electrons. The van der Waals surface area contributed by atoms with Crippen molar-refractivity contribution in [3.63, 3.8) is 0 Å². The molecule has 0 heterocycles. The van der Waals surface area contributed by atoms with Gasteiger partial charge in [0.2, 0.25) is 0 Å². The van der Waals surface area contributed by atoms with Gasteiger partial charge in [0.05, 0.1) is 0 Å². The third-order valence-corrected chi connectivity index (χ3v) is 3.01. The van der Waals surface area contributed by atoms with Gasteiger partial charge in [0.1, 0.15) is 6.61 Å². The lowest BCUT2D eigenvalue weighted by molar-refractivity contribution is -0.109. The summed E-state index contributed by atoms with van der Waals surface area (Å²) < 4.78 is 5.03. The van der Waals surface area contributed by atoms with E-state index in [0.717, 1.165) is 12.0 Å². The fraction of sp³-hybridized carbons (Fsp3) is 0.385. The molecule has 1 aromatic carbocycles. The van der Waals surface area contributed by atoms with Gasteiger partial charge in [-0.15, -0.1) is 0 Å². The largest absolute Gasteiger partial charge is 0.445 e. The number of carbonyl (C=O) groups is 2. The smallest absolute Gasteiger partial charge is 0.407 e. The molecule has 0 spiro atoms. The molecule has 18 heavy (non-hydrogen) atoms. The molecule has 0 aliphatic carbocycles. The van der Waals surface area contributed by atoms with Gasteiger partial charge in [-0.25, -0.2) is 4.79 Å². The van der Waals surface area contributed by atoms with Crippen molar-refractivity contribution in [1.29, 1.82) is 0 Å². The highest BCUT2D eigenvalue weighted by Gasteiger charge is 2.01. The Kier molecular flexibility index (Phi) is 6.94. The zero-order valence-corrected chi connectivity index (χ0v) is 11.2. The lowest BCUT2D eigenvalue weighted by Gasteiger charge is -2.06. The van der Waals surface area contributed by atoms with Crippen molar-refractivity contribution in [2.24, 2.45) is 0 Å². The number of carbonyl (C=O) groups excluding carboxylic acids is 2. The summed E-state index contributed by atoms with van der Waals surface area (Å²) in [5.74, 6) is 0.717. The van der Waals surface area contributed by atoms with Crippen LogP contribution >= 0.6 is 11.8 Å². The lowest BCUT2D eigenvalue weighted by Crippen LogP contribution is -2.25. The van der Waals surface area contributed by atoms with Gasteiger partial charge in [-0.1, -0.05) is 42.1 Å². The van der Waals surface area contributed by atoms with E-state index in [1.54, 1.807) is 0 Å². The summed E-state index contributed by atoms with van der Waals surface area (Å²) in [5.41, 5.74) is 0.958. The molecule has 0 radical (unpaired) electrons. The monoisotopic (exact) mass is 267 g/mol.